The van der Waals surface area contributed by atoms with E-state index in [1.165, 1.54) is 23.6 Å². The third-order valence-electron chi connectivity index (χ3n) is 4.10. The Balaban J connectivity index is 2.19. The van der Waals surface area contributed by atoms with Crippen molar-refractivity contribution in [3.63, 3.8) is 0 Å². The highest BCUT2D eigenvalue weighted by molar-refractivity contribution is 7.03. The molecule has 1 atom stereocenters. The normalized spacial score (nSPS) is 12.3. The Morgan fingerprint density at radius 2 is 1.80 bits per heavy atom. The summed E-state index contributed by atoms with van der Waals surface area (Å²) in [7, 11) is 0. The molecule has 1 aromatic heterocycles. The van der Waals surface area contributed by atoms with Gasteiger partial charge in [0, 0.05) is 15.9 Å². The van der Waals surface area contributed by atoms with Gasteiger partial charge in [0.15, 0.2) is 5.69 Å². The van der Waals surface area contributed by atoms with Crippen LogP contribution in [-0.2, 0) is 4.79 Å². The van der Waals surface area contributed by atoms with Gasteiger partial charge in [-0.15, -0.1) is 5.10 Å². The quantitative estimate of drug-likeness (QED) is 0.619. The van der Waals surface area contributed by atoms with E-state index in [0.717, 1.165) is 16.4 Å². The van der Waals surface area contributed by atoms with Gasteiger partial charge in [0.25, 0.3) is 5.91 Å². The zero-order valence-corrected chi connectivity index (χ0v) is 18.2. The first kappa shape index (κ1) is 21.9. The van der Waals surface area contributed by atoms with E-state index in [9.17, 15) is 14.0 Å². The van der Waals surface area contributed by atoms with Crippen molar-refractivity contribution in [2.75, 3.05) is 4.90 Å². The molecule has 0 fully saturated rings. The van der Waals surface area contributed by atoms with Crippen LogP contribution in [0, 0.1) is 5.82 Å². The highest BCUT2D eigenvalue weighted by atomic mass is 35.5. The van der Waals surface area contributed by atoms with Crippen molar-refractivity contribution in [2.24, 2.45) is 0 Å². The zero-order valence-electron chi connectivity index (χ0n) is 16.6. The van der Waals surface area contributed by atoms with Crippen molar-refractivity contribution in [1.82, 2.24) is 14.9 Å². The second-order valence-electron chi connectivity index (χ2n) is 7.61. The summed E-state index contributed by atoms with van der Waals surface area (Å²) in [6, 6.07) is 11.1. The van der Waals surface area contributed by atoms with E-state index in [0.29, 0.717) is 10.6 Å². The van der Waals surface area contributed by atoms with Gasteiger partial charge >= 0.3 is 0 Å². The molecular formula is C21H20ClFN4O2S. The Morgan fingerprint density at radius 1 is 1.13 bits per heavy atom. The summed E-state index contributed by atoms with van der Waals surface area (Å²) < 4.78 is 18.5. The Bertz CT molecular complexity index is 1040. The molecule has 9 heteroatoms. The van der Waals surface area contributed by atoms with Gasteiger partial charge in [0.2, 0.25) is 5.91 Å². The van der Waals surface area contributed by atoms with Crippen LogP contribution in [0.25, 0.3) is 0 Å². The summed E-state index contributed by atoms with van der Waals surface area (Å²) >= 11 is 7.00. The van der Waals surface area contributed by atoms with Crippen LogP contribution < -0.4 is 10.2 Å². The molecule has 0 saturated carbocycles. The Labute approximate surface area is 182 Å². The second kappa shape index (κ2) is 8.89. The van der Waals surface area contributed by atoms with Crippen LogP contribution in [0.4, 0.5) is 10.1 Å². The number of carbonyl (C=O) groups is 2. The van der Waals surface area contributed by atoms with Gasteiger partial charge in [0.1, 0.15) is 11.9 Å². The predicted octanol–water partition coefficient (Wildman–Crippen LogP) is 4.63. The maximum atomic E-state index is 14.8. The average molecular weight is 447 g/mol. The molecule has 0 saturated heterocycles. The Kier molecular flexibility index (Phi) is 6.48. The molecule has 0 spiro atoms. The van der Waals surface area contributed by atoms with Gasteiger partial charge in [-0.2, -0.15) is 0 Å². The number of rotatable bonds is 5. The number of nitrogens with one attached hydrogen (secondary N) is 1. The lowest BCUT2D eigenvalue weighted by Crippen LogP contribution is -2.49. The molecule has 30 heavy (non-hydrogen) atoms. The largest absolute Gasteiger partial charge is 0.349 e. The minimum absolute atomic E-state index is 0.0192. The van der Waals surface area contributed by atoms with Gasteiger partial charge in [-0.05, 0) is 62.1 Å². The molecule has 0 aliphatic rings. The molecule has 1 unspecified atom stereocenters. The molecule has 0 bridgehead atoms. The third kappa shape index (κ3) is 5.01. The number of benzene rings is 2. The summed E-state index contributed by atoms with van der Waals surface area (Å²) in [5.41, 5.74) is -0.125. The van der Waals surface area contributed by atoms with E-state index in [2.05, 4.69) is 14.9 Å². The molecule has 3 rings (SSSR count). The number of hydrogen-bond donors (Lipinski definition) is 1. The molecule has 1 N–H and O–H groups in total. The number of amides is 2. The predicted molar refractivity (Wildman–Crippen MR) is 115 cm³/mol. The topological polar surface area (TPSA) is 75.2 Å². The molecule has 1 heterocycles. The summed E-state index contributed by atoms with van der Waals surface area (Å²) in [6.07, 6.45) is 0. The van der Waals surface area contributed by atoms with Crippen LogP contribution >= 0.6 is 23.1 Å². The number of halogens is 2. The second-order valence-corrected chi connectivity index (χ2v) is 8.66. The highest BCUT2D eigenvalue weighted by Crippen LogP contribution is 2.32. The van der Waals surface area contributed by atoms with Crippen molar-refractivity contribution in [2.45, 2.75) is 32.4 Å². The van der Waals surface area contributed by atoms with Crippen molar-refractivity contribution in [1.29, 1.82) is 0 Å². The van der Waals surface area contributed by atoms with Crippen molar-refractivity contribution >= 4 is 40.6 Å². The summed E-state index contributed by atoms with van der Waals surface area (Å²) in [5.74, 6) is -1.75. The lowest BCUT2D eigenvalue weighted by Gasteiger charge is -2.33. The number of nitrogens with zero attached hydrogens (tertiary/aromatic N) is 3. The van der Waals surface area contributed by atoms with Gasteiger partial charge in [-0.3, -0.25) is 14.5 Å². The van der Waals surface area contributed by atoms with Crippen LogP contribution in [0.2, 0.25) is 5.02 Å². The average Bonchev–Trinajstić information content (AvgIpc) is 3.21. The van der Waals surface area contributed by atoms with Crippen molar-refractivity contribution < 1.29 is 14.0 Å². The molecule has 0 aliphatic heterocycles. The molecule has 0 radical (unpaired) electrons. The van der Waals surface area contributed by atoms with E-state index >= 15 is 0 Å². The summed E-state index contributed by atoms with van der Waals surface area (Å²) in [6.45, 7) is 5.47. The monoisotopic (exact) mass is 446 g/mol. The zero-order chi connectivity index (χ0) is 21.9. The van der Waals surface area contributed by atoms with Gasteiger partial charge in [-0.1, -0.05) is 40.4 Å². The lowest BCUT2D eigenvalue weighted by molar-refractivity contribution is -0.123. The van der Waals surface area contributed by atoms with E-state index in [1.807, 2.05) is 20.8 Å². The van der Waals surface area contributed by atoms with E-state index in [4.69, 9.17) is 11.6 Å². The van der Waals surface area contributed by atoms with Crippen LogP contribution in [0.15, 0.2) is 53.9 Å². The maximum absolute atomic E-state index is 14.8. The fourth-order valence-electron chi connectivity index (χ4n) is 2.89. The highest BCUT2D eigenvalue weighted by Gasteiger charge is 2.36. The minimum Gasteiger partial charge on any atom is -0.349 e. The summed E-state index contributed by atoms with van der Waals surface area (Å²) in [4.78, 5) is 27.8. The molecule has 2 aromatic carbocycles. The van der Waals surface area contributed by atoms with Crippen LogP contribution in [-0.4, -0.2) is 26.9 Å². The van der Waals surface area contributed by atoms with Crippen LogP contribution in [0.5, 0.6) is 0 Å². The van der Waals surface area contributed by atoms with E-state index in [-0.39, 0.29) is 11.4 Å². The first-order valence-corrected chi connectivity index (χ1v) is 10.3. The van der Waals surface area contributed by atoms with E-state index < -0.39 is 29.2 Å². The van der Waals surface area contributed by atoms with Gasteiger partial charge < -0.3 is 5.32 Å². The minimum atomic E-state index is -1.16. The molecular weight excluding hydrogens is 427 g/mol. The van der Waals surface area contributed by atoms with Gasteiger partial charge in [0.05, 0.1) is 5.69 Å². The maximum Gasteiger partial charge on any atom is 0.280 e. The van der Waals surface area contributed by atoms with Crippen molar-refractivity contribution in [3.8, 4) is 0 Å². The molecule has 3 aromatic rings. The smallest absolute Gasteiger partial charge is 0.280 e. The van der Waals surface area contributed by atoms with E-state index in [1.54, 1.807) is 30.3 Å². The standard InChI is InChI=1S/C21H20ClFN4O2S/c1-21(2,3)24-19(28)18(13-8-10-14(22)11-9-13)27(17-7-5-4-6-15(17)23)20(29)16-12-30-26-25-16/h4-12,18H,1-3H3,(H,24,28). The molecule has 2 amide bonds. The summed E-state index contributed by atoms with van der Waals surface area (Å²) in [5, 5.41) is 8.63. The van der Waals surface area contributed by atoms with Gasteiger partial charge in [-0.25, -0.2) is 4.39 Å². The number of carbonyl (C=O) groups excluding carboxylic acids is 2. The molecule has 0 aliphatic carbocycles. The first-order valence-electron chi connectivity index (χ1n) is 9.10. The van der Waals surface area contributed by atoms with Crippen LogP contribution in [0.3, 0.4) is 0 Å². The first-order chi connectivity index (χ1) is 14.2. The molecule has 156 valence electrons. The number of anilines is 1. The Morgan fingerprint density at radius 3 is 2.37 bits per heavy atom. The third-order valence-corrected chi connectivity index (χ3v) is 4.86. The lowest BCUT2D eigenvalue weighted by atomic mass is 10.0. The SMILES string of the molecule is CC(C)(C)NC(=O)C(c1ccc(Cl)cc1)N(C(=O)c1csnn1)c1ccccc1F. The van der Waals surface area contributed by atoms with Crippen LogP contribution in [0.1, 0.15) is 42.9 Å². The Hall–Kier alpha value is -2.84. The van der Waals surface area contributed by atoms with Crippen molar-refractivity contribution in [3.05, 3.63) is 76.0 Å². The fourth-order valence-corrected chi connectivity index (χ4v) is 3.45. The molecule has 6 nitrogen and oxygen atoms in total. The number of hydrogen-bond acceptors (Lipinski definition) is 5. The number of aromatic nitrogens is 2. The number of para-hydroxylation sites is 1. The fraction of sp³-hybridized carbons (Fsp3) is 0.238.